The standard InChI is InChI=1S/C30H35F13O2/c1-2-3-18-4-8-20(9-5-18)21-10-12-22(13-11-21)24(44)45-23-14-6-19(7-15-23)16-17-25(31,32)26(33,34)27(35,36)28(37,38)29(39,40)30(41,42)43/h6-7,14-15,18,20-22H,2-5,8-13,16-17H2,1H3/t18-,20-,21-,22-. The monoisotopic (exact) mass is 674 g/mol. The third-order valence-electron chi connectivity index (χ3n) is 9.23. The highest BCUT2D eigenvalue weighted by Gasteiger charge is 2.90. The molecule has 15 heteroatoms. The quantitative estimate of drug-likeness (QED) is 0.125. The summed E-state index contributed by atoms with van der Waals surface area (Å²) in [7, 11) is 0. The molecule has 0 aromatic heterocycles. The van der Waals surface area contributed by atoms with Gasteiger partial charge in [0.15, 0.2) is 0 Å². The van der Waals surface area contributed by atoms with Gasteiger partial charge in [-0.15, -0.1) is 0 Å². The molecule has 2 fully saturated rings. The van der Waals surface area contributed by atoms with E-state index in [1.807, 2.05) is 0 Å². The maximum Gasteiger partial charge on any atom is 0.460 e. The van der Waals surface area contributed by atoms with E-state index in [4.69, 9.17) is 4.74 Å². The zero-order chi connectivity index (χ0) is 34.1. The number of esters is 1. The molecule has 2 saturated carbocycles. The average Bonchev–Trinajstić information content (AvgIpc) is 2.96. The summed E-state index contributed by atoms with van der Waals surface area (Å²) >= 11 is 0. The molecule has 0 unspecified atom stereocenters. The van der Waals surface area contributed by atoms with Crippen LogP contribution in [0.3, 0.4) is 0 Å². The van der Waals surface area contributed by atoms with Gasteiger partial charge in [-0.1, -0.05) is 44.7 Å². The Morgan fingerprint density at radius 2 is 1.13 bits per heavy atom. The van der Waals surface area contributed by atoms with Gasteiger partial charge < -0.3 is 4.74 Å². The van der Waals surface area contributed by atoms with Gasteiger partial charge in [-0.05, 0) is 80.4 Å². The van der Waals surface area contributed by atoms with E-state index in [9.17, 15) is 61.9 Å². The molecule has 258 valence electrons. The first-order chi connectivity index (χ1) is 20.6. The number of carbonyl (C=O) groups is 1. The van der Waals surface area contributed by atoms with Crippen molar-refractivity contribution in [3.8, 4) is 5.75 Å². The highest BCUT2D eigenvalue weighted by Crippen LogP contribution is 2.60. The summed E-state index contributed by atoms with van der Waals surface area (Å²) in [5, 5.41) is 0. The molecule has 2 aliphatic rings. The summed E-state index contributed by atoms with van der Waals surface area (Å²) in [6.45, 7) is 2.18. The smallest absolute Gasteiger partial charge is 0.426 e. The van der Waals surface area contributed by atoms with Gasteiger partial charge >= 0.3 is 41.8 Å². The molecule has 2 nitrogen and oxygen atoms in total. The van der Waals surface area contributed by atoms with Gasteiger partial charge in [0.05, 0.1) is 5.92 Å². The lowest BCUT2D eigenvalue weighted by molar-refractivity contribution is -0.440. The second kappa shape index (κ2) is 13.5. The number of alkyl halides is 13. The van der Waals surface area contributed by atoms with Gasteiger partial charge in [-0.25, -0.2) is 0 Å². The Kier molecular flexibility index (Phi) is 11.2. The van der Waals surface area contributed by atoms with Gasteiger partial charge in [0, 0.05) is 6.42 Å². The van der Waals surface area contributed by atoms with E-state index in [-0.39, 0.29) is 17.2 Å². The lowest BCUT2D eigenvalue weighted by Gasteiger charge is -2.39. The van der Waals surface area contributed by atoms with Crippen molar-refractivity contribution in [2.75, 3.05) is 0 Å². The van der Waals surface area contributed by atoms with Gasteiger partial charge in [0.25, 0.3) is 0 Å². The third kappa shape index (κ3) is 7.52. The van der Waals surface area contributed by atoms with Crippen molar-refractivity contribution in [1.82, 2.24) is 0 Å². The lowest BCUT2D eigenvalue weighted by atomic mass is 9.69. The van der Waals surface area contributed by atoms with Gasteiger partial charge in [0.2, 0.25) is 0 Å². The number of carbonyl (C=O) groups excluding carboxylic acids is 1. The first-order valence-corrected chi connectivity index (χ1v) is 14.9. The number of ether oxygens (including phenoxy) is 1. The topological polar surface area (TPSA) is 26.3 Å². The van der Waals surface area contributed by atoms with Crippen LogP contribution in [-0.2, 0) is 11.2 Å². The predicted molar refractivity (Wildman–Crippen MR) is 137 cm³/mol. The molecule has 0 saturated heterocycles. The number of hydrogen-bond acceptors (Lipinski definition) is 2. The Morgan fingerprint density at radius 1 is 0.667 bits per heavy atom. The number of benzene rings is 1. The van der Waals surface area contributed by atoms with Crippen molar-refractivity contribution < 1.29 is 66.6 Å². The minimum absolute atomic E-state index is 0.0437. The summed E-state index contributed by atoms with van der Waals surface area (Å²) in [6.07, 6.45) is -0.726. The van der Waals surface area contributed by atoms with E-state index >= 15 is 0 Å². The molecule has 2 aliphatic carbocycles. The molecule has 0 radical (unpaired) electrons. The molecular weight excluding hydrogens is 639 g/mol. The first kappa shape index (κ1) is 37.2. The molecule has 0 spiro atoms. The van der Waals surface area contributed by atoms with Crippen molar-refractivity contribution in [1.29, 1.82) is 0 Å². The second-order valence-electron chi connectivity index (χ2n) is 12.2. The molecule has 1 aromatic carbocycles. The van der Waals surface area contributed by atoms with E-state index in [0.717, 1.165) is 43.0 Å². The summed E-state index contributed by atoms with van der Waals surface area (Å²) in [5.74, 6) is -35.9. The minimum Gasteiger partial charge on any atom is -0.426 e. The van der Waals surface area contributed by atoms with Crippen LogP contribution >= 0.6 is 0 Å². The minimum atomic E-state index is -7.91. The fourth-order valence-corrected chi connectivity index (χ4v) is 6.37. The number of halogens is 13. The number of rotatable bonds is 12. The van der Waals surface area contributed by atoms with Crippen LogP contribution in [0.5, 0.6) is 5.75 Å². The second-order valence-corrected chi connectivity index (χ2v) is 12.2. The Labute approximate surface area is 252 Å². The van der Waals surface area contributed by atoms with Gasteiger partial charge in [0.1, 0.15) is 5.75 Å². The van der Waals surface area contributed by atoms with Crippen LogP contribution in [0.25, 0.3) is 0 Å². The maximum atomic E-state index is 14.1. The van der Waals surface area contributed by atoms with E-state index < -0.39 is 54.6 Å². The van der Waals surface area contributed by atoms with E-state index in [2.05, 4.69) is 6.92 Å². The Bertz CT molecular complexity index is 1120. The molecule has 45 heavy (non-hydrogen) atoms. The van der Waals surface area contributed by atoms with Crippen LogP contribution in [0, 0.1) is 23.7 Å². The van der Waals surface area contributed by atoms with Crippen molar-refractivity contribution >= 4 is 5.97 Å². The fraction of sp³-hybridized carbons (Fsp3) is 0.767. The van der Waals surface area contributed by atoms with Crippen LogP contribution in [0.15, 0.2) is 24.3 Å². The molecule has 0 amide bonds. The first-order valence-electron chi connectivity index (χ1n) is 14.9. The van der Waals surface area contributed by atoms with Gasteiger partial charge in [-0.2, -0.15) is 57.1 Å². The van der Waals surface area contributed by atoms with Crippen LogP contribution < -0.4 is 4.74 Å². The predicted octanol–water partition coefficient (Wildman–Crippen LogP) is 10.7. The van der Waals surface area contributed by atoms with E-state index in [1.54, 1.807) is 0 Å². The van der Waals surface area contributed by atoms with Crippen LogP contribution in [0.1, 0.15) is 83.1 Å². The molecule has 0 bridgehead atoms. The molecule has 0 N–H and O–H groups in total. The summed E-state index contributed by atoms with van der Waals surface area (Å²) in [5.41, 5.74) is -0.255. The van der Waals surface area contributed by atoms with E-state index in [0.29, 0.717) is 24.7 Å². The summed E-state index contributed by atoms with van der Waals surface area (Å²) < 4.78 is 178. The Hall–Kier alpha value is -2.22. The molecule has 0 heterocycles. The number of hydrogen-bond donors (Lipinski definition) is 0. The lowest BCUT2D eigenvalue weighted by Crippen LogP contribution is -2.70. The van der Waals surface area contributed by atoms with Crippen molar-refractivity contribution in [3.05, 3.63) is 29.8 Å². The van der Waals surface area contributed by atoms with Crippen molar-refractivity contribution in [3.63, 3.8) is 0 Å². The average molecular weight is 675 g/mol. The van der Waals surface area contributed by atoms with Crippen LogP contribution in [-0.4, -0.2) is 41.8 Å². The molecular formula is C30H35F13O2. The van der Waals surface area contributed by atoms with Crippen LogP contribution in [0.4, 0.5) is 57.1 Å². The summed E-state index contributed by atoms with van der Waals surface area (Å²) in [4.78, 5) is 12.7. The Balaban J connectivity index is 1.54. The fourth-order valence-electron chi connectivity index (χ4n) is 6.37. The largest absolute Gasteiger partial charge is 0.460 e. The van der Waals surface area contributed by atoms with Crippen LogP contribution in [0.2, 0.25) is 0 Å². The molecule has 3 rings (SSSR count). The van der Waals surface area contributed by atoms with Crippen molar-refractivity contribution in [2.24, 2.45) is 23.7 Å². The number of aryl methyl sites for hydroxylation is 1. The van der Waals surface area contributed by atoms with Gasteiger partial charge in [-0.3, -0.25) is 4.79 Å². The zero-order valence-corrected chi connectivity index (χ0v) is 24.3. The normalized spacial score (nSPS) is 24.4. The maximum absolute atomic E-state index is 14.1. The highest BCUT2D eigenvalue weighted by atomic mass is 19.4. The van der Waals surface area contributed by atoms with Crippen molar-refractivity contribution in [2.45, 2.75) is 120 Å². The highest BCUT2D eigenvalue weighted by molar-refractivity contribution is 5.75. The van der Waals surface area contributed by atoms with E-state index in [1.165, 1.54) is 38.5 Å². The summed E-state index contributed by atoms with van der Waals surface area (Å²) in [6, 6.07) is 4.17. The zero-order valence-electron chi connectivity index (χ0n) is 24.3. The SMILES string of the molecule is CCC[C@H]1CC[C@H]([C@H]2CC[C@H](C(=O)Oc3ccc(CCC(F)(F)C(F)(F)C(F)(F)C(F)(F)C(F)(F)C(F)(F)F)cc3)CC2)CC1. The third-order valence-corrected chi connectivity index (χ3v) is 9.23. The Morgan fingerprint density at radius 3 is 1.60 bits per heavy atom. The molecule has 1 aromatic rings. The molecule has 0 atom stereocenters. The molecule has 0 aliphatic heterocycles.